The number of non-ortho nitro benzene ring substituents is 1. The first-order valence-electron chi connectivity index (χ1n) is 6.91. The number of nitro benzene ring substituents is 1. The molecule has 0 fully saturated rings. The van der Waals surface area contributed by atoms with E-state index in [9.17, 15) is 14.9 Å². The lowest BCUT2D eigenvalue weighted by molar-refractivity contribution is -0.384. The number of nitrogens with zero attached hydrogens (tertiary/aromatic N) is 2. The maximum absolute atomic E-state index is 12.3. The van der Waals surface area contributed by atoms with E-state index < -0.39 is 4.92 Å². The summed E-state index contributed by atoms with van der Waals surface area (Å²) in [5.41, 5.74) is 1.61. The standard InChI is InChI=1S/C17H16N2O3/c1-2-18(15-6-4-3-5-7-15)17(20)13-10-14-8-11-16(12-9-14)19(21)22/h3-13H,2H2,1H3. The fourth-order valence-electron chi connectivity index (χ4n) is 2.04. The van der Waals surface area contributed by atoms with E-state index in [4.69, 9.17) is 0 Å². The second-order valence-electron chi connectivity index (χ2n) is 4.60. The topological polar surface area (TPSA) is 63.5 Å². The van der Waals surface area contributed by atoms with E-state index in [-0.39, 0.29) is 11.6 Å². The van der Waals surface area contributed by atoms with Gasteiger partial charge in [0.1, 0.15) is 0 Å². The number of nitro groups is 1. The van der Waals surface area contributed by atoms with Crippen LogP contribution in [0.3, 0.4) is 0 Å². The lowest BCUT2D eigenvalue weighted by Crippen LogP contribution is -2.28. The molecular formula is C17H16N2O3. The number of benzene rings is 2. The quantitative estimate of drug-likeness (QED) is 0.480. The number of carbonyl (C=O) groups is 1. The summed E-state index contributed by atoms with van der Waals surface area (Å²) in [6.07, 6.45) is 3.12. The van der Waals surface area contributed by atoms with Gasteiger partial charge < -0.3 is 4.90 Å². The van der Waals surface area contributed by atoms with E-state index in [2.05, 4.69) is 0 Å². The molecule has 2 rings (SSSR count). The zero-order chi connectivity index (χ0) is 15.9. The SMILES string of the molecule is CCN(C(=O)C=Cc1ccc([N+](=O)[O-])cc1)c1ccccc1. The molecule has 2 aromatic carbocycles. The molecule has 0 atom stereocenters. The first kappa shape index (κ1) is 15.4. The Bertz CT molecular complexity index is 679. The number of carbonyl (C=O) groups excluding carboxylic acids is 1. The number of amides is 1. The maximum Gasteiger partial charge on any atom is 0.269 e. The summed E-state index contributed by atoms with van der Waals surface area (Å²) in [6.45, 7) is 2.47. The number of hydrogen-bond donors (Lipinski definition) is 0. The van der Waals surface area contributed by atoms with Crippen molar-refractivity contribution in [2.45, 2.75) is 6.92 Å². The third kappa shape index (κ3) is 3.79. The first-order valence-corrected chi connectivity index (χ1v) is 6.91. The normalized spacial score (nSPS) is 10.6. The molecule has 0 saturated carbocycles. The van der Waals surface area contributed by atoms with Crippen LogP contribution in [0.15, 0.2) is 60.7 Å². The number of hydrogen-bond acceptors (Lipinski definition) is 3. The highest BCUT2D eigenvalue weighted by Crippen LogP contribution is 2.15. The lowest BCUT2D eigenvalue weighted by Gasteiger charge is -2.19. The Morgan fingerprint density at radius 3 is 2.32 bits per heavy atom. The smallest absolute Gasteiger partial charge is 0.269 e. The molecule has 0 heterocycles. The third-order valence-corrected chi connectivity index (χ3v) is 3.17. The number of para-hydroxylation sites is 1. The van der Waals surface area contributed by atoms with Gasteiger partial charge in [0, 0.05) is 30.4 Å². The van der Waals surface area contributed by atoms with Crippen LogP contribution >= 0.6 is 0 Å². The number of rotatable bonds is 5. The van der Waals surface area contributed by atoms with E-state index in [1.54, 1.807) is 23.1 Å². The van der Waals surface area contributed by atoms with Gasteiger partial charge in [-0.25, -0.2) is 0 Å². The minimum Gasteiger partial charge on any atom is -0.309 e. The Hall–Kier alpha value is -2.95. The minimum absolute atomic E-state index is 0.0305. The van der Waals surface area contributed by atoms with Crippen molar-refractivity contribution in [2.24, 2.45) is 0 Å². The lowest BCUT2D eigenvalue weighted by atomic mass is 10.2. The van der Waals surface area contributed by atoms with E-state index in [1.807, 2.05) is 37.3 Å². The van der Waals surface area contributed by atoms with Crippen LogP contribution in [0.4, 0.5) is 11.4 Å². The van der Waals surface area contributed by atoms with Gasteiger partial charge in [-0.3, -0.25) is 14.9 Å². The average molecular weight is 296 g/mol. The van der Waals surface area contributed by atoms with Crippen LogP contribution in [-0.4, -0.2) is 17.4 Å². The van der Waals surface area contributed by atoms with Gasteiger partial charge >= 0.3 is 0 Å². The first-order chi connectivity index (χ1) is 10.6. The Balaban J connectivity index is 2.11. The zero-order valence-electron chi connectivity index (χ0n) is 12.2. The van der Waals surface area contributed by atoms with Gasteiger partial charge in [-0.05, 0) is 42.8 Å². The van der Waals surface area contributed by atoms with Crippen molar-refractivity contribution in [3.8, 4) is 0 Å². The van der Waals surface area contributed by atoms with Crippen LogP contribution in [0.5, 0.6) is 0 Å². The van der Waals surface area contributed by atoms with Crippen LogP contribution in [0.1, 0.15) is 12.5 Å². The monoisotopic (exact) mass is 296 g/mol. The van der Waals surface area contributed by atoms with Crippen molar-refractivity contribution in [2.75, 3.05) is 11.4 Å². The summed E-state index contributed by atoms with van der Waals surface area (Å²) in [5.74, 6) is -0.132. The highest BCUT2D eigenvalue weighted by atomic mass is 16.6. The molecule has 0 aromatic heterocycles. The molecule has 2 aromatic rings. The summed E-state index contributed by atoms with van der Waals surface area (Å²) in [6, 6.07) is 15.5. The van der Waals surface area contributed by atoms with Crippen molar-refractivity contribution >= 4 is 23.4 Å². The van der Waals surface area contributed by atoms with Crippen LogP contribution in [-0.2, 0) is 4.79 Å². The Labute approximate surface area is 128 Å². The molecule has 0 unspecified atom stereocenters. The van der Waals surface area contributed by atoms with Gasteiger partial charge in [-0.1, -0.05) is 18.2 Å². The summed E-state index contributed by atoms with van der Waals surface area (Å²) >= 11 is 0. The molecule has 22 heavy (non-hydrogen) atoms. The molecule has 0 bridgehead atoms. The third-order valence-electron chi connectivity index (χ3n) is 3.17. The van der Waals surface area contributed by atoms with Crippen molar-refractivity contribution in [3.05, 3.63) is 76.4 Å². The van der Waals surface area contributed by atoms with Gasteiger partial charge in [0.2, 0.25) is 0 Å². The number of likely N-dealkylation sites (N-methyl/N-ethyl adjacent to an activating group) is 1. The highest BCUT2D eigenvalue weighted by molar-refractivity contribution is 6.03. The largest absolute Gasteiger partial charge is 0.309 e. The van der Waals surface area contributed by atoms with E-state index in [1.165, 1.54) is 18.2 Å². The van der Waals surface area contributed by atoms with Gasteiger partial charge in [0.15, 0.2) is 0 Å². The van der Waals surface area contributed by atoms with Gasteiger partial charge in [0.05, 0.1) is 4.92 Å². The Morgan fingerprint density at radius 2 is 1.77 bits per heavy atom. The van der Waals surface area contributed by atoms with E-state index >= 15 is 0 Å². The maximum atomic E-state index is 12.3. The summed E-state index contributed by atoms with van der Waals surface area (Å²) in [4.78, 5) is 24.0. The Morgan fingerprint density at radius 1 is 1.14 bits per heavy atom. The number of anilines is 1. The predicted molar refractivity (Wildman–Crippen MR) is 86.6 cm³/mol. The van der Waals surface area contributed by atoms with Crippen molar-refractivity contribution in [1.82, 2.24) is 0 Å². The van der Waals surface area contributed by atoms with Gasteiger partial charge in [-0.2, -0.15) is 0 Å². The minimum atomic E-state index is -0.452. The summed E-state index contributed by atoms with van der Waals surface area (Å²) in [7, 11) is 0. The summed E-state index contributed by atoms with van der Waals surface area (Å²) < 4.78 is 0. The molecule has 0 radical (unpaired) electrons. The molecule has 5 nitrogen and oxygen atoms in total. The highest BCUT2D eigenvalue weighted by Gasteiger charge is 2.10. The Kier molecular flexibility index (Phi) is 5.03. The molecule has 0 aliphatic carbocycles. The second kappa shape index (κ2) is 7.17. The summed E-state index contributed by atoms with van der Waals surface area (Å²) in [5, 5.41) is 10.6. The second-order valence-corrected chi connectivity index (χ2v) is 4.60. The average Bonchev–Trinajstić information content (AvgIpc) is 2.55. The van der Waals surface area contributed by atoms with Crippen LogP contribution in [0.25, 0.3) is 6.08 Å². The van der Waals surface area contributed by atoms with Crippen LogP contribution in [0.2, 0.25) is 0 Å². The molecule has 0 aliphatic rings. The van der Waals surface area contributed by atoms with Crippen molar-refractivity contribution in [1.29, 1.82) is 0 Å². The van der Waals surface area contributed by atoms with E-state index in [0.29, 0.717) is 6.54 Å². The molecule has 0 saturated heterocycles. The molecule has 1 amide bonds. The van der Waals surface area contributed by atoms with Gasteiger partial charge in [-0.15, -0.1) is 0 Å². The molecule has 0 aliphatic heterocycles. The molecule has 0 spiro atoms. The van der Waals surface area contributed by atoms with Crippen molar-refractivity contribution < 1.29 is 9.72 Å². The van der Waals surface area contributed by atoms with Gasteiger partial charge in [0.25, 0.3) is 11.6 Å². The predicted octanol–water partition coefficient (Wildman–Crippen LogP) is 3.66. The fraction of sp³-hybridized carbons (Fsp3) is 0.118. The zero-order valence-corrected chi connectivity index (χ0v) is 12.2. The molecule has 112 valence electrons. The molecular weight excluding hydrogens is 280 g/mol. The van der Waals surface area contributed by atoms with E-state index in [0.717, 1.165) is 11.3 Å². The van der Waals surface area contributed by atoms with Crippen LogP contribution in [0, 0.1) is 10.1 Å². The fourth-order valence-corrected chi connectivity index (χ4v) is 2.04. The van der Waals surface area contributed by atoms with Crippen molar-refractivity contribution in [3.63, 3.8) is 0 Å². The molecule has 5 heteroatoms. The van der Waals surface area contributed by atoms with Crippen LogP contribution < -0.4 is 4.90 Å². The molecule has 0 N–H and O–H groups in total.